The summed E-state index contributed by atoms with van der Waals surface area (Å²) < 4.78 is 4.99. The smallest absolute Gasteiger partial charge is 0.319 e. The molecule has 6 nitrogen and oxygen atoms in total. The highest BCUT2D eigenvalue weighted by Gasteiger charge is 2.35. The van der Waals surface area contributed by atoms with E-state index in [4.69, 9.17) is 4.74 Å². The fourth-order valence-electron chi connectivity index (χ4n) is 2.21. The van der Waals surface area contributed by atoms with E-state index in [0.29, 0.717) is 17.5 Å². The maximum Gasteiger partial charge on any atom is 0.319 e. The van der Waals surface area contributed by atoms with Crippen LogP contribution in [0.4, 0.5) is 10.5 Å². The summed E-state index contributed by atoms with van der Waals surface area (Å²) in [6.07, 6.45) is 3.83. The van der Waals surface area contributed by atoms with E-state index in [1.807, 2.05) is 12.3 Å². The Morgan fingerprint density at radius 3 is 2.82 bits per heavy atom. The molecule has 116 valence electrons. The maximum absolute atomic E-state index is 12.2. The molecule has 7 heteroatoms. The van der Waals surface area contributed by atoms with Gasteiger partial charge in [0.1, 0.15) is 5.01 Å². The van der Waals surface area contributed by atoms with Crippen LogP contribution in [0.5, 0.6) is 5.88 Å². The summed E-state index contributed by atoms with van der Waals surface area (Å²) in [6.45, 7) is 1.97. The van der Waals surface area contributed by atoms with Crippen LogP contribution in [0.15, 0.2) is 23.7 Å². The highest BCUT2D eigenvalue weighted by atomic mass is 32.1. The van der Waals surface area contributed by atoms with E-state index in [1.165, 1.54) is 0 Å². The van der Waals surface area contributed by atoms with Crippen molar-refractivity contribution in [3.8, 4) is 5.88 Å². The molecule has 0 unspecified atom stereocenters. The summed E-state index contributed by atoms with van der Waals surface area (Å²) >= 11 is 1.60. The van der Waals surface area contributed by atoms with Crippen molar-refractivity contribution in [3.05, 3.63) is 34.4 Å². The van der Waals surface area contributed by atoms with Crippen LogP contribution in [0.3, 0.4) is 0 Å². The average molecular weight is 318 g/mol. The lowest BCUT2D eigenvalue weighted by molar-refractivity contribution is 0.247. The Bertz CT molecular complexity index is 652. The van der Waals surface area contributed by atoms with Crippen LogP contribution in [-0.4, -0.2) is 23.1 Å². The number of nitrogens with zero attached hydrogens (tertiary/aromatic N) is 2. The predicted molar refractivity (Wildman–Crippen MR) is 85.3 cm³/mol. The minimum absolute atomic E-state index is 0.00934. The van der Waals surface area contributed by atoms with Gasteiger partial charge in [0.2, 0.25) is 5.88 Å². The number of aryl methyl sites for hydroxylation is 1. The van der Waals surface area contributed by atoms with Gasteiger partial charge in [-0.2, -0.15) is 0 Å². The Balaban J connectivity index is 1.63. The summed E-state index contributed by atoms with van der Waals surface area (Å²) in [6, 6.07) is 3.21. The van der Waals surface area contributed by atoms with Gasteiger partial charge in [-0.15, -0.1) is 11.3 Å². The van der Waals surface area contributed by atoms with Crippen molar-refractivity contribution in [1.82, 2.24) is 15.3 Å². The van der Waals surface area contributed by atoms with Crippen molar-refractivity contribution in [1.29, 1.82) is 0 Å². The zero-order valence-corrected chi connectivity index (χ0v) is 13.3. The normalized spacial score (nSPS) is 15.2. The molecule has 0 bridgehead atoms. The fraction of sp³-hybridized carbons (Fsp3) is 0.400. The van der Waals surface area contributed by atoms with Crippen LogP contribution in [0.25, 0.3) is 0 Å². The number of hydrogen-bond donors (Lipinski definition) is 2. The van der Waals surface area contributed by atoms with Crippen LogP contribution in [-0.2, 0) is 0 Å². The van der Waals surface area contributed by atoms with Crippen molar-refractivity contribution in [3.63, 3.8) is 0 Å². The lowest BCUT2D eigenvalue weighted by Gasteiger charge is -2.16. The summed E-state index contributed by atoms with van der Waals surface area (Å²) in [5.41, 5.74) is 1.62. The molecule has 0 aliphatic heterocycles. The van der Waals surface area contributed by atoms with Crippen LogP contribution in [0.1, 0.15) is 29.6 Å². The van der Waals surface area contributed by atoms with E-state index in [-0.39, 0.29) is 12.1 Å². The zero-order valence-electron chi connectivity index (χ0n) is 12.5. The third-order valence-corrected chi connectivity index (χ3v) is 4.53. The van der Waals surface area contributed by atoms with Gasteiger partial charge in [-0.05, 0) is 31.7 Å². The number of pyridine rings is 1. The average Bonchev–Trinajstić information content (AvgIpc) is 3.27. The molecule has 2 amide bonds. The molecule has 1 aliphatic carbocycles. The van der Waals surface area contributed by atoms with Gasteiger partial charge in [-0.25, -0.2) is 14.8 Å². The number of nitrogens with one attached hydrogen (secondary N) is 2. The van der Waals surface area contributed by atoms with Gasteiger partial charge in [0.15, 0.2) is 0 Å². The van der Waals surface area contributed by atoms with Gasteiger partial charge in [-0.1, -0.05) is 0 Å². The molecule has 22 heavy (non-hydrogen) atoms. The number of urea groups is 1. The van der Waals surface area contributed by atoms with Gasteiger partial charge < -0.3 is 15.4 Å². The molecule has 2 aromatic heterocycles. The first kappa shape index (κ1) is 14.8. The summed E-state index contributed by atoms with van der Waals surface area (Å²) in [5.74, 6) is 1.00. The van der Waals surface area contributed by atoms with Crippen LogP contribution in [0, 0.1) is 12.8 Å². The Morgan fingerprint density at radius 2 is 2.27 bits per heavy atom. The summed E-state index contributed by atoms with van der Waals surface area (Å²) in [4.78, 5) is 20.8. The number of rotatable bonds is 5. The molecule has 3 rings (SSSR count). The molecule has 1 atom stereocenters. The molecule has 0 radical (unpaired) electrons. The first-order valence-corrected chi connectivity index (χ1v) is 8.03. The van der Waals surface area contributed by atoms with E-state index >= 15 is 0 Å². The molecular weight excluding hydrogens is 300 g/mol. The summed E-state index contributed by atoms with van der Waals surface area (Å²) in [5, 5.41) is 8.80. The molecule has 0 spiro atoms. The van der Waals surface area contributed by atoms with E-state index in [0.717, 1.165) is 23.5 Å². The third kappa shape index (κ3) is 3.54. The lowest BCUT2D eigenvalue weighted by Crippen LogP contribution is -2.33. The van der Waals surface area contributed by atoms with Crippen LogP contribution < -0.4 is 15.4 Å². The Kier molecular flexibility index (Phi) is 4.24. The Labute approximate surface area is 132 Å². The standard InChI is InChI=1S/C15H18N4O2S/c1-9-8-22-14(17-9)13(10-3-4-10)19-15(20)18-11-5-6-12(21-2)16-7-11/h5-8,10,13H,3-4H2,1-2H3,(H2,18,19,20)/t13-/m1/s1. The second kappa shape index (κ2) is 6.31. The van der Waals surface area contributed by atoms with Crippen molar-refractivity contribution in [2.45, 2.75) is 25.8 Å². The monoisotopic (exact) mass is 318 g/mol. The number of anilines is 1. The van der Waals surface area contributed by atoms with Crippen LogP contribution >= 0.6 is 11.3 Å². The van der Waals surface area contributed by atoms with E-state index in [9.17, 15) is 4.79 Å². The van der Waals surface area contributed by atoms with Crippen molar-refractivity contribution < 1.29 is 9.53 Å². The topological polar surface area (TPSA) is 76.1 Å². The number of methoxy groups -OCH3 is 1. The highest BCUT2D eigenvalue weighted by Crippen LogP contribution is 2.41. The SMILES string of the molecule is COc1ccc(NC(=O)N[C@@H](c2nc(C)cs2)C2CC2)cn1. The Hall–Kier alpha value is -2.15. The molecular formula is C15H18N4O2S. The van der Waals surface area contributed by atoms with Gasteiger partial charge in [-0.3, -0.25) is 0 Å². The van der Waals surface area contributed by atoms with Gasteiger partial charge in [0.25, 0.3) is 0 Å². The number of thiazole rings is 1. The second-order valence-electron chi connectivity index (χ2n) is 5.33. The van der Waals surface area contributed by atoms with Gasteiger partial charge >= 0.3 is 6.03 Å². The lowest BCUT2D eigenvalue weighted by atomic mass is 10.2. The molecule has 0 aromatic carbocycles. The van der Waals surface area contributed by atoms with E-state index < -0.39 is 0 Å². The van der Waals surface area contributed by atoms with Crippen molar-refractivity contribution >= 4 is 23.1 Å². The first-order chi connectivity index (χ1) is 10.7. The van der Waals surface area contributed by atoms with Gasteiger partial charge in [0, 0.05) is 17.1 Å². The molecule has 2 aromatic rings. The first-order valence-electron chi connectivity index (χ1n) is 7.15. The molecule has 1 fully saturated rings. The molecule has 2 heterocycles. The van der Waals surface area contributed by atoms with E-state index in [1.54, 1.807) is 36.8 Å². The number of carbonyl (C=O) groups excluding carboxylic acids is 1. The minimum atomic E-state index is -0.239. The number of carbonyl (C=O) groups is 1. The number of aromatic nitrogens is 2. The molecule has 1 aliphatic rings. The molecule has 0 saturated heterocycles. The zero-order chi connectivity index (χ0) is 15.5. The quantitative estimate of drug-likeness (QED) is 0.888. The summed E-state index contributed by atoms with van der Waals surface area (Å²) in [7, 11) is 1.55. The van der Waals surface area contributed by atoms with Gasteiger partial charge in [0.05, 0.1) is 25.0 Å². The van der Waals surface area contributed by atoms with Crippen molar-refractivity contribution in [2.75, 3.05) is 12.4 Å². The predicted octanol–water partition coefficient (Wildman–Crippen LogP) is 3.13. The minimum Gasteiger partial charge on any atom is -0.481 e. The maximum atomic E-state index is 12.2. The third-order valence-electron chi connectivity index (χ3n) is 3.49. The number of hydrogen-bond acceptors (Lipinski definition) is 5. The van der Waals surface area contributed by atoms with Crippen molar-refractivity contribution in [2.24, 2.45) is 5.92 Å². The largest absolute Gasteiger partial charge is 0.481 e. The Morgan fingerprint density at radius 1 is 1.45 bits per heavy atom. The van der Waals surface area contributed by atoms with Crippen LogP contribution in [0.2, 0.25) is 0 Å². The number of amides is 2. The second-order valence-corrected chi connectivity index (χ2v) is 6.22. The fourth-order valence-corrected chi connectivity index (χ4v) is 3.15. The highest BCUT2D eigenvalue weighted by molar-refractivity contribution is 7.09. The number of ether oxygens (including phenoxy) is 1. The molecule has 1 saturated carbocycles. The van der Waals surface area contributed by atoms with E-state index in [2.05, 4.69) is 20.6 Å². The molecule has 2 N–H and O–H groups in total.